The highest BCUT2D eigenvalue weighted by atomic mass is 15.2. The van der Waals surface area contributed by atoms with Crippen molar-refractivity contribution in [2.24, 2.45) is 0 Å². The summed E-state index contributed by atoms with van der Waals surface area (Å²) in [5.41, 5.74) is 4.14. The fourth-order valence-corrected chi connectivity index (χ4v) is 3.78. The van der Waals surface area contributed by atoms with Crippen molar-refractivity contribution in [1.29, 1.82) is 0 Å². The van der Waals surface area contributed by atoms with Crippen LogP contribution in [0.15, 0.2) is 91.0 Å². The molecule has 0 aromatic heterocycles. The van der Waals surface area contributed by atoms with E-state index >= 15 is 0 Å². The van der Waals surface area contributed by atoms with Gasteiger partial charge < -0.3 is 4.90 Å². The molecule has 0 N–H and O–H groups in total. The molecule has 2 unspecified atom stereocenters. The molecule has 4 rings (SSSR count). The molecule has 1 saturated heterocycles. The van der Waals surface area contributed by atoms with Gasteiger partial charge in [0.2, 0.25) is 0 Å². The van der Waals surface area contributed by atoms with Gasteiger partial charge in [-0.2, -0.15) is 0 Å². The average molecular weight is 299 g/mol. The third-order valence-electron chi connectivity index (χ3n) is 4.81. The number of hydrogen-bond acceptors (Lipinski definition) is 1. The summed E-state index contributed by atoms with van der Waals surface area (Å²) in [5, 5.41) is 0. The highest BCUT2D eigenvalue weighted by Gasteiger charge is 2.35. The number of anilines is 1. The molecule has 1 aliphatic rings. The van der Waals surface area contributed by atoms with Crippen LogP contribution in [0.1, 0.15) is 36.1 Å². The SMILES string of the molecule is c1ccc(C2CCC(c3ccccc3)N2c2ccccc2)cc1. The van der Waals surface area contributed by atoms with E-state index in [-0.39, 0.29) is 0 Å². The Balaban J connectivity index is 1.77. The summed E-state index contributed by atoms with van der Waals surface area (Å²) in [6, 6.07) is 33.5. The van der Waals surface area contributed by atoms with E-state index in [1.165, 1.54) is 29.7 Å². The Labute approximate surface area is 138 Å². The summed E-state index contributed by atoms with van der Waals surface area (Å²) < 4.78 is 0. The molecule has 3 aromatic carbocycles. The van der Waals surface area contributed by atoms with Gasteiger partial charge in [0.1, 0.15) is 0 Å². The molecule has 1 aliphatic heterocycles. The first kappa shape index (κ1) is 14.1. The molecule has 1 heteroatoms. The average Bonchev–Trinajstić information content (AvgIpc) is 3.09. The van der Waals surface area contributed by atoms with Crippen molar-refractivity contribution in [3.8, 4) is 0 Å². The lowest BCUT2D eigenvalue weighted by atomic mass is 10.0. The van der Waals surface area contributed by atoms with Crippen LogP contribution in [-0.4, -0.2) is 0 Å². The van der Waals surface area contributed by atoms with Crippen LogP contribution in [0.2, 0.25) is 0 Å². The van der Waals surface area contributed by atoms with Crippen LogP contribution < -0.4 is 4.90 Å². The van der Waals surface area contributed by atoms with Crippen molar-refractivity contribution in [2.45, 2.75) is 24.9 Å². The molecule has 0 spiro atoms. The summed E-state index contributed by atoms with van der Waals surface area (Å²) in [6.45, 7) is 0. The highest BCUT2D eigenvalue weighted by Crippen LogP contribution is 2.46. The second-order valence-corrected chi connectivity index (χ2v) is 6.17. The van der Waals surface area contributed by atoms with Crippen LogP contribution in [0.3, 0.4) is 0 Å². The van der Waals surface area contributed by atoms with Crippen LogP contribution in [0, 0.1) is 0 Å². The van der Waals surface area contributed by atoms with E-state index in [2.05, 4.69) is 95.9 Å². The Morgan fingerprint density at radius 3 is 1.35 bits per heavy atom. The zero-order valence-electron chi connectivity index (χ0n) is 13.2. The lowest BCUT2D eigenvalue weighted by molar-refractivity contribution is 0.674. The number of benzene rings is 3. The Morgan fingerprint density at radius 1 is 0.522 bits per heavy atom. The maximum Gasteiger partial charge on any atom is 0.0549 e. The first-order chi connectivity index (χ1) is 11.4. The van der Waals surface area contributed by atoms with E-state index in [0.29, 0.717) is 12.1 Å². The fourth-order valence-electron chi connectivity index (χ4n) is 3.78. The minimum atomic E-state index is 0.448. The van der Waals surface area contributed by atoms with Crippen molar-refractivity contribution in [1.82, 2.24) is 0 Å². The third-order valence-corrected chi connectivity index (χ3v) is 4.81. The number of rotatable bonds is 3. The van der Waals surface area contributed by atoms with E-state index in [1.807, 2.05) is 0 Å². The first-order valence-electron chi connectivity index (χ1n) is 8.37. The minimum absolute atomic E-state index is 0.448. The van der Waals surface area contributed by atoms with Crippen molar-refractivity contribution < 1.29 is 0 Å². The predicted octanol–water partition coefficient (Wildman–Crippen LogP) is 5.77. The lowest BCUT2D eigenvalue weighted by Crippen LogP contribution is -2.25. The van der Waals surface area contributed by atoms with Gasteiger partial charge in [-0.1, -0.05) is 78.9 Å². The fraction of sp³-hybridized carbons (Fsp3) is 0.182. The van der Waals surface area contributed by atoms with E-state index in [9.17, 15) is 0 Å². The number of nitrogens with zero attached hydrogens (tertiary/aromatic N) is 1. The molecule has 1 fully saturated rings. The Morgan fingerprint density at radius 2 is 0.913 bits per heavy atom. The van der Waals surface area contributed by atoms with Crippen molar-refractivity contribution >= 4 is 5.69 Å². The molecule has 1 nitrogen and oxygen atoms in total. The van der Waals surface area contributed by atoms with Crippen molar-refractivity contribution in [2.75, 3.05) is 4.90 Å². The van der Waals surface area contributed by atoms with Crippen LogP contribution >= 0.6 is 0 Å². The maximum atomic E-state index is 2.60. The van der Waals surface area contributed by atoms with Gasteiger partial charge in [-0.15, -0.1) is 0 Å². The summed E-state index contributed by atoms with van der Waals surface area (Å²) in [5.74, 6) is 0. The summed E-state index contributed by atoms with van der Waals surface area (Å²) in [6.07, 6.45) is 2.39. The molecule has 3 aromatic rings. The molecular weight excluding hydrogens is 278 g/mol. The van der Waals surface area contributed by atoms with Gasteiger partial charge in [-0.05, 0) is 36.1 Å². The zero-order valence-corrected chi connectivity index (χ0v) is 13.2. The van der Waals surface area contributed by atoms with Crippen LogP contribution in [0.4, 0.5) is 5.69 Å². The van der Waals surface area contributed by atoms with Crippen LogP contribution in [0.5, 0.6) is 0 Å². The van der Waals surface area contributed by atoms with E-state index in [1.54, 1.807) is 0 Å². The molecule has 2 atom stereocenters. The number of hydrogen-bond donors (Lipinski definition) is 0. The molecule has 0 saturated carbocycles. The lowest BCUT2D eigenvalue weighted by Gasteiger charge is -2.33. The van der Waals surface area contributed by atoms with Gasteiger partial charge >= 0.3 is 0 Å². The van der Waals surface area contributed by atoms with E-state index < -0.39 is 0 Å². The smallest absolute Gasteiger partial charge is 0.0549 e. The summed E-state index contributed by atoms with van der Waals surface area (Å²) in [7, 11) is 0. The maximum absolute atomic E-state index is 2.60. The Bertz CT molecular complexity index is 689. The quantitative estimate of drug-likeness (QED) is 0.593. The predicted molar refractivity (Wildman–Crippen MR) is 96.5 cm³/mol. The Kier molecular flexibility index (Phi) is 3.85. The van der Waals surface area contributed by atoms with E-state index in [0.717, 1.165) is 0 Å². The second-order valence-electron chi connectivity index (χ2n) is 6.17. The third kappa shape index (κ3) is 2.75. The largest absolute Gasteiger partial charge is 0.357 e. The van der Waals surface area contributed by atoms with Gasteiger partial charge in [0.15, 0.2) is 0 Å². The van der Waals surface area contributed by atoms with Crippen LogP contribution in [-0.2, 0) is 0 Å². The summed E-state index contributed by atoms with van der Waals surface area (Å²) >= 11 is 0. The molecular formula is C22H21N. The van der Waals surface area contributed by atoms with Crippen LogP contribution in [0.25, 0.3) is 0 Å². The highest BCUT2D eigenvalue weighted by molar-refractivity contribution is 5.53. The molecule has 0 bridgehead atoms. The Hall–Kier alpha value is -2.54. The zero-order chi connectivity index (χ0) is 15.5. The topological polar surface area (TPSA) is 3.24 Å². The van der Waals surface area contributed by atoms with E-state index in [4.69, 9.17) is 0 Å². The standard InChI is InChI=1S/C22H21N/c1-4-10-18(11-5-1)21-16-17-22(19-12-6-2-7-13-19)23(21)20-14-8-3-9-15-20/h1-15,21-22H,16-17H2. The molecule has 0 aliphatic carbocycles. The van der Waals surface area contributed by atoms with Gasteiger partial charge in [-0.25, -0.2) is 0 Å². The van der Waals surface area contributed by atoms with Gasteiger partial charge in [0.05, 0.1) is 12.1 Å². The molecule has 0 radical (unpaired) electrons. The number of para-hydroxylation sites is 1. The van der Waals surface area contributed by atoms with Gasteiger partial charge in [0.25, 0.3) is 0 Å². The normalized spacial score (nSPS) is 20.6. The monoisotopic (exact) mass is 299 g/mol. The first-order valence-corrected chi connectivity index (χ1v) is 8.37. The summed E-state index contributed by atoms with van der Waals surface area (Å²) in [4.78, 5) is 2.60. The van der Waals surface area contributed by atoms with Gasteiger partial charge in [0, 0.05) is 5.69 Å². The van der Waals surface area contributed by atoms with Gasteiger partial charge in [-0.3, -0.25) is 0 Å². The van der Waals surface area contributed by atoms with Crippen molar-refractivity contribution in [3.05, 3.63) is 102 Å². The minimum Gasteiger partial charge on any atom is -0.357 e. The van der Waals surface area contributed by atoms with Crippen molar-refractivity contribution in [3.63, 3.8) is 0 Å². The molecule has 23 heavy (non-hydrogen) atoms. The molecule has 114 valence electrons. The second kappa shape index (κ2) is 6.29. The molecule has 1 heterocycles. The molecule has 0 amide bonds.